The number of fused-ring (bicyclic) bond motifs is 1. The van der Waals surface area contributed by atoms with Crippen molar-refractivity contribution in [2.45, 2.75) is 13.5 Å². The van der Waals surface area contributed by atoms with Crippen LogP contribution in [0.2, 0.25) is 0 Å². The van der Waals surface area contributed by atoms with Crippen molar-refractivity contribution in [3.8, 4) is 5.75 Å². The fourth-order valence-electron chi connectivity index (χ4n) is 2.24. The van der Waals surface area contributed by atoms with Crippen molar-refractivity contribution in [2.24, 2.45) is 0 Å². The Bertz CT molecular complexity index is 1050. The van der Waals surface area contributed by atoms with Crippen LogP contribution in [0.15, 0.2) is 45.6 Å². The van der Waals surface area contributed by atoms with E-state index in [1.54, 1.807) is 0 Å². The molecule has 0 unspecified atom stereocenters. The molecule has 0 aliphatic heterocycles. The van der Waals surface area contributed by atoms with E-state index in [2.05, 4.69) is 27.0 Å². The van der Waals surface area contributed by atoms with Crippen LogP contribution in [0.25, 0.3) is 11.0 Å². The van der Waals surface area contributed by atoms with Crippen LogP contribution in [0.1, 0.15) is 22.8 Å². The second kappa shape index (κ2) is 9.05. The molecular formula is C19H16F3NO5. The van der Waals surface area contributed by atoms with Gasteiger partial charge in [0.15, 0.2) is 17.2 Å². The van der Waals surface area contributed by atoms with E-state index in [4.69, 9.17) is 0 Å². The monoisotopic (exact) mass is 395 g/mol. The summed E-state index contributed by atoms with van der Waals surface area (Å²) in [7, 11) is 0. The fraction of sp³-hybridized carbons (Fsp3) is 0.158. The van der Waals surface area contributed by atoms with Crippen LogP contribution in [0.4, 0.5) is 13.2 Å². The predicted octanol–water partition coefficient (Wildman–Crippen LogP) is 1.89. The summed E-state index contributed by atoms with van der Waals surface area (Å²) in [6, 6.07) is 10.6. The van der Waals surface area contributed by atoms with Gasteiger partial charge in [-0.25, -0.2) is 18.4 Å². The molecule has 0 bridgehead atoms. The summed E-state index contributed by atoms with van der Waals surface area (Å²) >= 11 is 0. The first-order chi connectivity index (χ1) is 13.3. The number of rotatable bonds is 3. The fourth-order valence-corrected chi connectivity index (χ4v) is 2.24. The van der Waals surface area contributed by atoms with Gasteiger partial charge in [0, 0.05) is 10.9 Å². The van der Waals surface area contributed by atoms with Gasteiger partial charge in [0.05, 0.1) is 13.2 Å². The maximum Gasteiger partial charge on any atom is 0.350 e. The van der Waals surface area contributed by atoms with E-state index in [9.17, 15) is 27.9 Å². The molecule has 0 fully saturated rings. The van der Waals surface area contributed by atoms with E-state index in [0.29, 0.717) is 6.07 Å². The molecule has 0 saturated heterocycles. The van der Waals surface area contributed by atoms with Crippen molar-refractivity contribution in [3.05, 3.63) is 75.4 Å². The van der Waals surface area contributed by atoms with Gasteiger partial charge in [0.25, 0.3) is 0 Å². The number of carbonyl (C=O) groups is 1. The zero-order valence-electron chi connectivity index (χ0n) is 14.8. The number of carbonyl (C=O) groups excluding carboxylic acids is 1. The Morgan fingerprint density at radius 3 is 2.36 bits per heavy atom. The van der Waals surface area contributed by atoms with E-state index in [-0.39, 0.29) is 6.61 Å². The predicted molar refractivity (Wildman–Crippen MR) is 90.8 cm³/mol. The number of esters is 1. The summed E-state index contributed by atoms with van der Waals surface area (Å²) in [4.78, 5) is 22.9. The average molecular weight is 395 g/mol. The molecule has 3 N–H and O–H groups in total. The Morgan fingerprint density at radius 1 is 1.18 bits per heavy atom. The van der Waals surface area contributed by atoms with E-state index < -0.39 is 51.3 Å². The van der Waals surface area contributed by atoms with Crippen molar-refractivity contribution in [3.63, 3.8) is 0 Å². The lowest BCUT2D eigenvalue weighted by Gasteiger charge is -2.14. The lowest BCUT2D eigenvalue weighted by atomic mass is 10.1. The highest BCUT2D eigenvalue weighted by molar-refractivity contribution is 5.98. The number of benzene rings is 2. The average Bonchev–Trinajstić information content (AvgIpc) is 2.69. The van der Waals surface area contributed by atoms with Gasteiger partial charge in [-0.15, -0.1) is 0 Å². The second-order valence-electron chi connectivity index (χ2n) is 5.41. The topological polar surface area (TPSA) is 107 Å². The molecule has 0 spiro atoms. The Balaban J connectivity index is 0.000000292. The first-order valence-electron chi connectivity index (χ1n) is 8.13. The van der Waals surface area contributed by atoms with Crippen molar-refractivity contribution in [1.29, 1.82) is 0 Å². The normalized spacial score (nSPS) is 10.3. The van der Waals surface area contributed by atoms with Gasteiger partial charge in [-0.05, 0) is 13.0 Å². The molecule has 0 aliphatic carbocycles. The van der Waals surface area contributed by atoms with Crippen LogP contribution in [-0.2, 0) is 11.3 Å². The molecule has 0 saturated carbocycles. The van der Waals surface area contributed by atoms with Crippen LogP contribution >= 0.6 is 0 Å². The van der Waals surface area contributed by atoms with Crippen LogP contribution < -0.4 is 16.5 Å². The molecular weight excluding hydrogens is 379 g/mol. The SMILES string of the molecule is CCOC(=O)c1c([O-])c2cc(F)c(F)c(F)c2oc1=O.[NH3+]Cc1ccccc1. The first-order valence-corrected chi connectivity index (χ1v) is 8.13. The maximum absolute atomic E-state index is 13.4. The summed E-state index contributed by atoms with van der Waals surface area (Å²) in [6.45, 7) is 2.20. The van der Waals surface area contributed by atoms with Gasteiger partial charge < -0.3 is 20.0 Å². The molecule has 3 rings (SSSR count). The molecule has 1 heterocycles. The summed E-state index contributed by atoms with van der Waals surface area (Å²) in [5.74, 6) is -7.91. The Kier molecular flexibility index (Phi) is 6.78. The van der Waals surface area contributed by atoms with Gasteiger partial charge in [0.1, 0.15) is 5.56 Å². The van der Waals surface area contributed by atoms with Crippen LogP contribution in [0.5, 0.6) is 5.75 Å². The van der Waals surface area contributed by atoms with Crippen molar-refractivity contribution < 1.29 is 38.0 Å². The summed E-state index contributed by atoms with van der Waals surface area (Å²) in [6.07, 6.45) is 0. The van der Waals surface area contributed by atoms with Crippen LogP contribution in [0, 0.1) is 17.5 Å². The highest BCUT2D eigenvalue weighted by atomic mass is 19.2. The standard InChI is InChI=1S/C12H7F3O5.C7H9N/c1-2-19-11(17)6-9(16)4-3-5(13)7(14)8(15)10(4)20-12(6)18;8-6-7-4-2-1-3-5-7/h3,16H,2H2,1H3;1-5H,6,8H2. The minimum atomic E-state index is -1.89. The number of hydrogen-bond donors (Lipinski definition) is 1. The molecule has 0 amide bonds. The molecule has 0 radical (unpaired) electrons. The van der Waals surface area contributed by atoms with Crippen molar-refractivity contribution >= 4 is 16.9 Å². The maximum atomic E-state index is 13.4. The highest BCUT2D eigenvalue weighted by Crippen LogP contribution is 2.29. The highest BCUT2D eigenvalue weighted by Gasteiger charge is 2.22. The Morgan fingerprint density at radius 2 is 1.82 bits per heavy atom. The zero-order valence-corrected chi connectivity index (χ0v) is 14.8. The number of quaternary nitrogens is 1. The minimum absolute atomic E-state index is 0.123. The quantitative estimate of drug-likeness (QED) is 0.414. The van der Waals surface area contributed by atoms with Gasteiger partial charge in [-0.3, -0.25) is 0 Å². The molecule has 28 heavy (non-hydrogen) atoms. The number of hydrogen-bond acceptors (Lipinski definition) is 5. The van der Waals surface area contributed by atoms with E-state index in [1.807, 2.05) is 18.2 Å². The molecule has 0 aliphatic rings. The zero-order chi connectivity index (χ0) is 20.8. The molecule has 6 nitrogen and oxygen atoms in total. The van der Waals surface area contributed by atoms with Crippen molar-refractivity contribution in [2.75, 3.05) is 6.61 Å². The van der Waals surface area contributed by atoms with Gasteiger partial charge in [-0.1, -0.05) is 36.1 Å². The van der Waals surface area contributed by atoms with Gasteiger partial charge in [0.2, 0.25) is 5.82 Å². The Labute approximate surface area is 157 Å². The van der Waals surface area contributed by atoms with Crippen LogP contribution in [-0.4, -0.2) is 12.6 Å². The van der Waals surface area contributed by atoms with E-state index in [0.717, 1.165) is 6.54 Å². The lowest BCUT2D eigenvalue weighted by Crippen LogP contribution is -2.47. The third-order valence-electron chi connectivity index (χ3n) is 3.60. The molecule has 3 aromatic rings. The summed E-state index contributed by atoms with van der Waals surface area (Å²) < 4.78 is 48.3. The third kappa shape index (κ3) is 4.32. The summed E-state index contributed by atoms with van der Waals surface area (Å²) in [5, 5.41) is 11.1. The van der Waals surface area contributed by atoms with E-state index >= 15 is 0 Å². The van der Waals surface area contributed by atoms with Gasteiger partial charge in [-0.2, -0.15) is 4.39 Å². The van der Waals surface area contributed by atoms with Crippen LogP contribution in [0.3, 0.4) is 0 Å². The van der Waals surface area contributed by atoms with Gasteiger partial charge >= 0.3 is 11.6 Å². The molecule has 0 atom stereocenters. The molecule has 2 aromatic carbocycles. The van der Waals surface area contributed by atoms with E-state index in [1.165, 1.54) is 12.5 Å². The summed E-state index contributed by atoms with van der Waals surface area (Å²) in [5.41, 5.74) is 1.50. The molecule has 1 aromatic heterocycles. The lowest BCUT2D eigenvalue weighted by molar-refractivity contribution is -0.386. The van der Waals surface area contributed by atoms with Crippen molar-refractivity contribution in [1.82, 2.24) is 0 Å². The number of ether oxygens (including phenoxy) is 1. The molecule has 9 heteroatoms. The molecule has 148 valence electrons. The first kappa shape index (κ1) is 21.0. The number of halogens is 3. The second-order valence-corrected chi connectivity index (χ2v) is 5.41. The Hall–Kier alpha value is -3.33. The minimum Gasteiger partial charge on any atom is -0.871 e. The largest absolute Gasteiger partial charge is 0.871 e. The smallest absolute Gasteiger partial charge is 0.350 e. The third-order valence-corrected chi connectivity index (χ3v) is 3.60.